The molecule has 0 aliphatic heterocycles. The summed E-state index contributed by atoms with van der Waals surface area (Å²) >= 11 is 20.7. The van der Waals surface area contributed by atoms with E-state index in [1.165, 1.54) is 12.1 Å². The quantitative estimate of drug-likeness (QED) is 0.512. The van der Waals surface area contributed by atoms with Crippen LogP contribution in [0, 0.1) is 10.6 Å². The first-order valence-electron chi connectivity index (χ1n) is 5.52. The van der Waals surface area contributed by atoms with Gasteiger partial charge in [0.05, 0.1) is 26.8 Å². The number of hydrogen-bond donors (Lipinski definition) is 1. The van der Waals surface area contributed by atoms with Crippen molar-refractivity contribution in [3.05, 3.63) is 55.4 Å². The SMILES string of the molecule is Fc1cc2c(cc1Cl)[nH]c(=S)n2-c1cc(Br)ccc1Cl. The number of H-pyrrole nitrogens is 1. The zero-order valence-corrected chi connectivity index (χ0v) is 13.7. The van der Waals surface area contributed by atoms with Crippen LogP contribution in [0.4, 0.5) is 4.39 Å². The number of halogens is 4. The molecule has 1 N–H and O–H groups in total. The molecular weight excluding hydrogens is 386 g/mol. The summed E-state index contributed by atoms with van der Waals surface area (Å²) in [5.74, 6) is -0.506. The lowest BCUT2D eigenvalue weighted by atomic mass is 10.2. The van der Waals surface area contributed by atoms with Crippen LogP contribution in [-0.4, -0.2) is 9.55 Å². The van der Waals surface area contributed by atoms with Crippen LogP contribution in [0.5, 0.6) is 0 Å². The molecule has 0 fully saturated rings. The number of nitrogens with one attached hydrogen (secondary N) is 1. The predicted molar refractivity (Wildman–Crippen MR) is 86.1 cm³/mol. The van der Waals surface area contributed by atoms with Crippen molar-refractivity contribution in [2.24, 2.45) is 0 Å². The Morgan fingerprint density at radius 1 is 1.15 bits per heavy atom. The maximum Gasteiger partial charge on any atom is 0.182 e. The van der Waals surface area contributed by atoms with Gasteiger partial charge in [-0.1, -0.05) is 39.1 Å². The van der Waals surface area contributed by atoms with E-state index in [-0.39, 0.29) is 5.02 Å². The fourth-order valence-corrected chi connectivity index (χ4v) is 3.02. The van der Waals surface area contributed by atoms with Crippen molar-refractivity contribution >= 4 is 62.4 Å². The highest BCUT2D eigenvalue weighted by Crippen LogP contribution is 2.30. The van der Waals surface area contributed by atoms with Crippen molar-refractivity contribution in [3.8, 4) is 5.69 Å². The molecule has 0 aliphatic rings. The van der Waals surface area contributed by atoms with Crippen LogP contribution in [0.1, 0.15) is 0 Å². The molecule has 0 aliphatic carbocycles. The third-order valence-corrected chi connectivity index (χ3v) is 4.26. The molecule has 7 heteroatoms. The maximum absolute atomic E-state index is 13.7. The smallest absolute Gasteiger partial charge is 0.182 e. The number of rotatable bonds is 1. The van der Waals surface area contributed by atoms with Crippen LogP contribution < -0.4 is 0 Å². The van der Waals surface area contributed by atoms with Gasteiger partial charge in [-0.25, -0.2) is 4.39 Å². The minimum atomic E-state index is -0.506. The predicted octanol–water partition coefficient (Wildman–Crippen LogP) is 5.90. The van der Waals surface area contributed by atoms with Crippen LogP contribution in [0.15, 0.2) is 34.8 Å². The highest BCUT2D eigenvalue weighted by molar-refractivity contribution is 9.10. The third kappa shape index (κ3) is 2.29. The fraction of sp³-hybridized carbons (Fsp3) is 0. The van der Waals surface area contributed by atoms with Crippen LogP contribution >= 0.6 is 51.3 Å². The fourth-order valence-electron chi connectivity index (χ4n) is 2.00. The molecule has 3 aromatic rings. The standard InChI is InChI=1S/C13H6BrCl2FN2S/c14-6-1-2-7(15)11(3-6)19-12-5-9(17)8(16)4-10(12)18-13(19)20/h1-5H,(H,18,20). The largest absolute Gasteiger partial charge is 0.330 e. The Labute approximate surface area is 137 Å². The van der Waals surface area contributed by atoms with Gasteiger partial charge < -0.3 is 4.98 Å². The molecule has 0 bridgehead atoms. The number of fused-ring (bicyclic) bond motifs is 1. The summed E-state index contributed by atoms with van der Waals surface area (Å²) in [6.45, 7) is 0. The molecule has 0 atom stereocenters. The van der Waals surface area contributed by atoms with Gasteiger partial charge in [0.15, 0.2) is 4.77 Å². The average molecular weight is 392 g/mol. The number of imidazole rings is 1. The summed E-state index contributed by atoms with van der Waals surface area (Å²) in [5.41, 5.74) is 1.90. The van der Waals surface area contributed by atoms with Gasteiger partial charge >= 0.3 is 0 Å². The van der Waals surface area contributed by atoms with Crippen LogP contribution in [0.25, 0.3) is 16.7 Å². The molecule has 0 unspecified atom stereocenters. The van der Waals surface area contributed by atoms with E-state index < -0.39 is 5.82 Å². The van der Waals surface area contributed by atoms with E-state index in [9.17, 15) is 4.39 Å². The van der Waals surface area contributed by atoms with Crippen molar-refractivity contribution in [2.75, 3.05) is 0 Å². The Kier molecular flexibility index (Phi) is 3.62. The van der Waals surface area contributed by atoms with Gasteiger partial charge in [-0.3, -0.25) is 4.57 Å². The highest BCUT2D eigenvalue weighted by Gasteiger charge is 2.13. The summed E-state index contributed by atoms with van der Waals surface area (Å²) in [4.78, 5) is 2.99. The lowest BCUT2D eigenvalue weighted by Gasteiger charge is -2.08. The number of benzene rings is 2. The number of nitrogens with zero attached hydrogens (tertiary/aromatic N) is 1. The first kappa shape index (κ1) is 14.1. The maximum atomic E-state index is 13.7. The molecule has 0 saturated heterocycles. The molecule has 0 radical (unpaired) electrons. The van der Waals surface area contributed by atoms with Gasteiger partial charge in [0.2, 0.25) is 0 Å². The van der Waals surface area contributed by atoms with Gasteiger partial charge in [-0.2, -0.15) is 0 Å². The van der Waals surface area contributed by atoms with Crippen molar-refractivity contribution in [1.82, 2.24) is 9.55 Å². The average Bonchev–Trinajstić information content (AvgIpc) is 2.69. The van der Waals surface area contributed by atoms with E-state index in [1.807, 2.05) is 12.1 Å². The molecule has 3 rings (SSSR count). The lowest BCUT2D eigenvalue weighted by Crippen LogP contribution is -1.95. The summed E-state index contributed by atoms with van der Waals surface area (Å²) in [6, 6.07) is 8.22. The summed E-state index contributed by atoms with van der Waals surface area (Å²) < 4.78 is 16.6. The molecule has 1 aromatic heterocycles. The highest BCUT2D eigenvalue weighted by atomic mass is 79.9. The van der Waals surface area contributed by atoms with Crippen LogP contribution in [0.2, 0.25) is 10.0 Å². The first-order valence-corrected chi connectivity index (χ1v) is 7.48. The van der Waals surface area contributed by atoms with Crippen molar-refractivity contribution in [1.29, 1.82) is 0 Å². The minimum Gasteiger partial charge on any atom is -0.330 e. The molecule has 2 nitrogen and oxygen atoms in total. The third-order valence-electron chi connectivity index (χ3n) is 2.87. The second-order valence-corrected chi connectivity index (χ2v) is 6.26. The molecule has 20 heavy (non-hydrogen) atoms. The summed E-state index contributed by atoms with van der Waals surface area (Å²) in [5, 5.41) is 0.557. The zero-order valence-electron chi connectivity index (χ0n) is 9.75. The number of hydrogen-bond acceptors (Lipinski definition) is 1. The van der Waals surface area contributed by atoms with E-state index in [1.54, 1.807) is 10.6 Å². The zero-order chi connectivity index (χ0) is 14.4. The van der Waals surface area contributed by atoms with Gasteiger partial charge in [0.25, 0.3) is 0 Å². The van der Waals surface area contributed by atoms with Crippen molar-refractivity contribution in [2.45, 2.75) is 0 Å². The molecule has 0 saturated carbocycles. The molecular formula is C13H6BrCl2FN2S. The second kappa shape index (κ2) is 5.15. The minimum absolute atomic E-state index is 0.0428. The Bertz CT molecular complexity index is 888. The van der Waals surface area contributed by atoms with Gasteiger partial charge in [0.1, 0.15) is 5.82 Å². The second-order valence-electron chi connectivity index (χ2n) is 4.14. The number of aromatic nitrogens is 2. The monoisotopic (exact) mass is 390 g/mol. The van der Waals surface area contributed by atoms with Crippen LogP contribution in [-0.2, 0) is 0 Å². The van der Waals surface area contributed by atoms with Crippen LogP contribution in [0.3, 0.4) is 0 Å². The summed E-state index contributed by atoms with van der Waals surface area (Å²) in [6.07, 6.45) is 0. The molecule has 2 aromatic carbocycles. The van der Waals surface area contributed by atoms with Crippen molar-refractivity contribution in [3.63, 3.8) is 0 Å². The Morgan fingerprint density at radius 2 is 1.90 bits per heavy atom. The number of aromatic amines is 1. The van der Waals surface area contributed by atoms with E-state index in [4.69, 9.17) is 35.4 Å². The van der Waals surface area contributed by atoms with E-state index in [0.29, 0.717) is 26.5 Å². The Balaban J connectivity index is 2.42. The van der Waals surface area contributed by atoms with Crippen molar-refractivity contribution < 1.29 is 4.39 Å². The molecule has 0 amide bonds. The van der Waals surface area contributed by atoms with Gasteiger partial charge in [-0.15, -0.1) is 0 Å². The Hall–Kier alpha value is -0.880. The topological polar surface area (TPSA) is 20.7 Å². The molecule has 102 valence electrons. The Morgan fingerprint density at radius 3 is 2.65 bits per heavy atom. The van der Waals surface area contributed by atoms with E-state index >= 15 is 0 Å². The first-order chi connectivity index (χ1) is 9.47. The molecule has 0 spiro atoms. The normalized spacial score (nSPS) is 11.2. The van der Waals surface area contributed by atoms with E-state index in [0.717, 1.165) is 4.47 Å². The van der Waals surface area contributed by atoms with Gasteiger partial charge in [-0.05, 0) is 36.5 Å². The summed E-state index contributed by atoms with van der Waals surface area (Å²) in [7, 11) is 0. The lowest BCUT2D eigenvalue weighted by molar-refractivity contribution is 0.629. The van der Waals surface area contributed by atoms with E-state index in [2.05, 4.69) is 20.9 Å². The molecule has 1 heterocycles. The van der Waals surface area contributed by atoms with Gasteiger partial charge in [0, 0.05) is 10.5 Å².